The van der Waals surface area contributed by atoms with Crippen molar-refractivity contribution in [2.24, 2.45) is 21.6 Å². The molecule has 0 bridgehead atoms. The summed E-state index contributed by atoms with van der Waals surface area (Å²) >= 11 is 0.925. The normalized spacial score (nSPS) is 22.8. The first-order valence-corrected chi connectivity index (χ1v) is 21.6. The molecular formula is C39H57FN10O13S. The highest BCUT2D eigenvalue weighted by molar-refractivity contribution is 8.00. The number of nitrogens with zero attached hydrogens (tertiary/aromatic N) is 3. The van der Waals surface area contributed by atoms with E-state index in [1.807, 2.05) is 0 Å². The first-order chi connectivity index (χ1) is 30.5. The maximum absolute atomic E-state index is 14.0. The number of nitrogens with two attached hydrogens (primary N) is 2. The molecule has 0 aliphatic carbocycles. The molecule has 25 heteroatoms. The molecule has 1 aromatic rings. The summed E-state index contributed by atoms with van der Waals surface area (Å²) in [6.07, 6.45) is -3.27. The fourth-order valence-electron chi connectivity index (χ4n) is 6.34. The molecule has 8 atom stereocenters. The van der Waals surface area contributed by atoms with Gasteiger partial charge in [0.2, 0.25) is 41.4 Å². The highest BCUT2D eigenvalue weighted by Gasteiger charge is 2.40. The number of alkyl halides is 1. The highest BCUT2D eigenvalue weighted by Crippen LogP contribution is 2.26. The number of likely N-dealkylation sites (tertiary alicyclic amines) is 1. The molecule has 1 aromatic carbocycles. The van der Waals surface area contributed by atoms with Crippen LogP contribution in [0.4, 0.5) is 4.39 Å². The Kier molecular flexibility index (Phi) is 22.4. The summed E-state index contributed by atoms with van der Waals surface area (Å²) in [4.78, 5) is 116. The minimum absolute atomic E-state index is 0.0445. The fourth-order valence-corrected chi connectivity index (χ4v) is 7.53. The number of hydrogen-bond donors (Lipinski definition) is 11. The van der Waals surface area contributed by atoms with E-state index in [4.69, 9.17) is 16.3 Å². The number of halogens is 1. The van der Waals surface area contributed by atoms with Crippen molar-refractivity contribution in [1.29, 1.82) is 0 Å². The van der Waals surface area contributed by atoms with Crippen LogP contribution in [0, 0.1) is 0 Å². The molecule has 0 saturated carbocycles. The number of carbonyl (C=O) groups excluding carboxylic acids is 7. The summed E-state index contributed by atoms with van der Waals surface area (Å²) in [6, 6.07) is 2.59. The number of oxime groups is 1. The number of unbranched alkanes of at least 4 members (excludes halogenated alkanes) is 3. The lowest BCUT2D eigenvalue weighted by molar-refractivity contribution is -0.141. The van der Waals surface area contributed by atoms with Crippen LogP contribution in [-0.2, 0) is 49.6 Å². The summed E-state index contributed by atoms with van der Waals surface area (Å²) < 4.78 is 12.4. The Morgan fingerprint density at radius 2 is 1.53 bits per heavy atom. The number of rotatable bonds is 23. The van der Waals surface area contributed by atoms with Crippen LogP contribution in [0.1, 0.15) is 56.9 Å². The van der Waals surface area contributed by atoms with Crippen LogP contribution in [0.3, 0.4) is 0 Å². The van der Waals surface area contributed by atoms with Gasteiger partial charge in [0.15, 0.2) is 5.96 Å². The molecule has 13 N–H and O–H groups in total. The SMILES string of the molecule is NC(N)=NCCC[C@@H]1NC(=O)[C@H](CSC2CC(=O)N(CCCCCCO/N=C/[C@H](O)[C@H](O)[C@H](O)C[18F])C2=O)NC(=O)[C@H](Cc2ccccc2)NC(=O)[C@H](CC(=O)O)NC(=O)CNC1=O. The van der Waals surface area contributed by atoms with Crippen molar-refractivity contribution >= 4 is 71.3 Å². The van der Waals surface area contributed by atoms with E-state index in [2.05, 4.69) is 36.7 Å². The van der Waals surface area contributed by atoms with Crippen molar-refractivity contribution in [1.82, 2.24) is 31.5 Å². The number of imide groups is 1. The molecule has 2 fully saturated rings. The Hall–Kier alpha value is -5.92. The monoisotopic (exact) mass is 923 g/mol. The molecule has 2 heterocycles. The van der Waals surface area contributed by atoms with Crippen molar-refractivity contribution in [3.8, 4) is 0 Å². The van der Waals surface area contributed by atoms with Gasteiger partial charge in [-0.25, -0.2) is 4.39 Å². The van der Waals surface area contributed by atoms with Crippen LogP contribution in [0.15, 0.2) is 40.5 Å². The third-order valence-corrected chi connectivity index (χ3v) is 11.1. The quantitative estimate of drug-likeness (QED) is 0.0165. The summed E-state index contributed by atoms with van der Waals surface area (Å²) in [5, 5.41) is 52.8. The van der Waals surface area contributed by atoms with Gasteiger partial charge in [0.1, 0.15) is 55.8 Å². The van der Waals surface area contributed by atoms with E-state index in [0.29, 0.717) is 31.2 Å². The molecular weight excluding hydrogens is 867 g/mol. The van der Waals surface area contributed by atoms with Crippen molar-refractivity contribution in [3.05, 3.63) is 35.9 Å². The minimum Gasteiger partial charge on any atom is -0.481 e. The molecule has 2 saturated heterocycles. The van der Waals surface area contributed by atoms with Gasteiger partial charge in [0.05, 0.1) is 24.4 Å². The number of aliphatic carboxylic acids is 1. The molecule has 1 unspecified atom stereocenters. The van der Waals surface area contributed by atoms with E-state index < -0.39 is 115 Å². The maximum Gasteiger partial charge on any atom is 0.305 e. The van der Waals surface area contributed by atoms with Gasteiger partial charge in [-0.3, -0.25) is 48.2 Å². The molecule has 354 valence electrons. The van der Waals surface area contributed by atoms with E-state index in [-0.39, 0.29) is 57.1 Å². The van der Waals surface area contributed by atoms with Crippen LogP contribution in [0.5, 0.6) is 0 Å². The van der Waals surface area contributed by atoms with Crippen molar-refractivity contribution in [3.63, 3.8) is 0 Å². The second-order valence-electron chi connectivity index (χ2n) is 14.9. The number of guanidine groups is 1. The van der Waals surface area contributed by atoms with Gasteiger partial charge < -0.3 is 63.3 Å². The molecule has 23 nitrogen and oxygen atoms in total. The van der Waals surface area contributed by atoms with Crippen LogP contribution >= 0.6 is 11.8 Å². The molecule has 7 amide bonds. The summed E-state index contributed by atoms with van der Waals surface area (Å²) in [6.45, 7) is -1.66. The molecule has 64 heavy (non-hydrogen) atoms. The highest BCUT2D eigenvalue weighted by atomic mass is 32.2. The Morgan fingerprint density at radius 1 is 0.875 bits per heavy atom. The lowest BCUT2D eigenvalue weighted by Gasteiger charge is -2.26. The number of hydrogen-bond acceptors (Lipinski definition) is 15. The van der Waals surface area contributed by atoms with Crippen LogP contribution in [0.2, 0.25) is 0 Å². The molecule has 0 spiro atoms. The zero-order valence-corrected chi connectivity index (χ0v) is 35.8. The average Bonchev–Trinajstić information content (AvgIpc) is 3.53. The van der Waals surface area contributed by atoms with Gasteiger partial charge in [-0.2, -0.15) is 0 Å². The van der Waals surface area contributed by atoms with E-state index in [9.17, 15) is 63.2 Å². The van der Waals surface area contributed by atoms with Gasteiger partial charge >= 0.3 is 5.97 Å². The summed E-state index contributed by atoms with van der Waals surface area (Å²) in [7, 11) is 0. The molecule has 2 aliphatic rings. The van der Waals surface area contributed by atoms with Gasteiger partial charge in [-0.05, 0) is 37.7 Å². The fraction of sp³-hybridized carbons (Fsp3) is 0.590. The number of benzene rings is 1. The van der Waals surface area contributed by atoms with Gasteiger partial charge in [-0.1, -0.05) is 41.9 Å². The smallest absolute Gasteiger partial charge is 0.305 e. The molecule has 0 aromatic heterocycles. The number of nitrogens with one attached hydrogen (secondary N) is 5. The van der Waals surface area contributed by atoms with Crippen LogP contribution in [0.25, 0.3) is 0 Å². The lowest BCUT2D eigenvalue weighted by Crippen LogP contribution is -2.59. The average molecular weight is 924 g/mol. The molecule has 0 radical (unpaired) electrons. The Morgan fingerprint density at radius 3 is 2.22 bits per heavy atom. The Balaban J connectivity index is 1.74. The minimum atomic E-state index is -1.77. The molecule has 2 aliphatic heterocycles. The number of amides is 7. The third-order valence-electron chi connectivity index (χ3n) is 9.80. The largest absolute Gasteiger partial charge is 0.481 e. The van der Waals surface area contributed by atoms with Crippen molar-refractivity contribution in [2.45, 2.75) is 106 Å². The van der Waals surface area contributed by atoms with E-state index in [0.717, 1.165) is 22.9 Å². The van der Waals surface area contributed by atoms with E-state index in [1.54, 1.807) is 30.3 Å². The number of aliphatic hydroxyl groups excluding tert-OH is 3. The van der Waals surface area contributed by atoms with Crippen molar-refractivity contribution < 1.29 is 68.0 Å². The second-order valence-corrected chi connectivity index (χ2v) is 16.1. The van der Waals surface area contributed by atoms with Gasteiger partial charge in [-0.15, -0.1) is 11.8 Å². The van der Waals surface area contributed by atoms with E-state index in [1.165, 1.54) is 0 Å². The summed E-state index contributed by atoms with van der Waals surface area (Å²) in [5.41, 5.74) is 11.4. The number of carbonyl (C=O) groups is 8. The first-order valence-electron chi connectivity index (χ1n) is 20.5. The topological polar surface area (TPSA) is 367 Å². The number of aliphatic imine (C=N–C) groups is 1. The maximum atomic E-state index is 14.0. The number of carboxylic acid groups (broad SMARTS) is 1. The van der Waals surface area contributed by atoms with Gasteiger partial charge in [0.25, 0.3) is 0 Å². The van der Waals surface area contributed by atoms with Crippen LogP contribution in [-0.4, -0.2) is 171 Å². The zero-order chi connectivity index (χ0) is 47.2. The Bertz CT molecular complexity index is 1830. The third kappa shape index (κ3) is 18.1. The van der Waals surface area contributed by atoms with E-state index >= 15 is 0 Å². The summed E-state index contributed by atoms with van der Waals surface area (Å²) in [5.74, 6) is -7.45. The number of carboxylic acids is 1. The number of aliphatic hydroxyl groups is 3. The van der Waals surface area contributed by atoms with Crippen molar-refractivity contribution in [2.75, 3.05) is 38.7 Å². The predicted octanol–water partition coefficient (Wildman–Crippen LogP) is -3.70. The van der Waals surface area contributed by atoms with Gasteiger partial charge in [0, 0.05) is 31.7 Å². The zero-order valence-electron chi connectivity index (χ0n) is 34.9. The first kappa shape index (κ1) is 52.4. The molecule has 3 rings (SSSR count). The number of thioether (sulfide) groups is 1. The predicted molar refractivity (Wildman–Crippen MR) is 228 cm³/mol. The Labute approximate surface area is 371 Å². The second kappa shape index (κ2) is 27.3. The van der Waals surface area contributed by atoms with Crippen LogP contribution < -0.4 is 38.1 Å². The standard InChI is InChI=1S/C39H57FN10O13S/c40-18-27(51)33(57)28(52)19-45-63-14-7-2-1-6-13-50-31(54)17-29(38(50)62)64-21-26-37(61)47-23(11-8-12-43-39(41)42)34(58)44-20-30(53)46-25(16-32(55)56)36(60)48-24(35(59)49-26)15-22-9-4-3-5-10-22/h3-5,9-10,19,23-29,33,51-52,57H,1-2,6-8,11-18,20-21H2,(H,44,58)(H,46,53)(H,47,61)(H,48,60)(H,49,59)(H,55,56)(H4,41,42,43)/b45-19+/t23-,24-,25-,26-,27+,28-,29?,33+/m0/s1/i40-1. The lowest BCUT2D eigenvalue weighted by atomic mass is 10.0.